The lowest BCUT2D eigenvalue weighted by atomic mass is 10.2. The van der Waals surface area contributed by atoms with Crippen LogP contribution in [0.3, 0.4) is 0 Å². The van der Waals surface area contributed by atoms with Gasteiger partial charge in [-0.1, -0.05) is 6.92 Å². The van der Waals surface area contributed by atoms with Crippen molar-refractivity contribution in [2.75, 3.05) is 11.1 Å². The van der Waals surface area contributed by atoms with E-state index in [0.29, 0.717) is 34.8 Å². The summed E-state index contributed by atoms with van der Waals surface area (Å²) in [6, 6.07) is 5.25. The lowest BCUT2D eigenvalue weighted by Crippen LogP contribution is -2.14. The van der Waals surface area contributed by atoms with Crippen molar-refractivity contribution in [3.63, 3.8) is 0 Å². The van der Waals surface area contributed by atoms with Crippen LogP contribution in [-0.4, -0.2) is 21.1 Å². The Balaban J connectivity index is 1.86. The van der Waals surface area contributed by atoms with Crippen molar-refractivity contribution in [2.45, 2.75) is 20.3 Å². The normalized spacial score (nSPS) is 11.0. The molecular weight excluding hydrogens is 270 g/mol. The molecule has 0 bridgehead atoms. The summed E-state index contributed by atoms with van der Waals surface area (Å²) in [5.41, 5.74) is 9.19. The molecule has 0 spiro atoms. The predicted octanol–water partition coefficient (Wildman–Crippen LogP) is 2.26. The number of nitrogens with two attached hydrogens (primary N) is 1. The number of fused-ring (bicyclic) bond motifs is 1. The fraction of sp³-hybridized carbons (Fsp3) is 0.214. The number of oxazole rings is 1. The van der Waals surface area contributed by atoms with Gasteiger partial charge >= 0.3 is 0 Å². The van der Waals surface area contributed by atoms with Crippen LogP contribution in [0, 0.1) is 6.92 Å². The molecule has 0 saturated heterocycles. The fourth-order valence-electron chi connectivity index (χ4n) is 2.14. The summed E-state index contributed by atoms with van der Waals surface area (Å²) in [5, 5.41) is 9.47. The number of nitrogens with zero attached hydrogens (tertiary/aromatic N) is 2. The Hall–Kier alpha value is -2.83. The second kappa shape index (κ2) is 4.93. The van der Waals surface area contributed by atoms with E-state index in [2.05, 4.69) is 20.5 Å². The minimum absolute atomic E-state index is 0.197. The number of H-pyrrole nitrogens is 1. The first-order valence-electron chi connectivity index (χ1n) is 6.59. The van der Waals surface area contributed by atoms with Gasteiger partial charge in [0.05, 0.1) is 11.4 Å². The van der Waals surface area contributed by atoms with Gasteiger partial charge in [0.2, 0.25) is 0 Å². The molecule has 0 unspecified atom stereocenters. The van der Waals surface area contributed by atoms with Crippen LogP contribution in [0.4, 0.5) is 11.4 Å². The molecule has 7 heteroatoms. The maximum Gasteiger partial charge on any atom is 0.278 e. The van der Waals surface area contributed by atoms with Crippen molar-refractivity contribution in [3.8, 4) is 0 Å². The van der Waals surface area contributed by atoms with Gasteiger partial charge in [-0.25, -0.2) is 4.98 Å². The molecule has 2 heterocycles. The second-order valence-corrected chi connectivity index (χ2v) is 4.69. The van der Waals surface area contributed by atoms with Gasteiger partial charge in [0, 0.05) is 12.6 Å². The number of hydrogen-bond donors (Lipinski definition) is 3. The van der Waals surface area contributed by atoms with Crippen LogP contribution in [0.2, 0.25) is 0 Å². The fourth-order valence-corrected chi connectivity index (χ4v) is 2.14. The second-order valence-electron chi connectivity index (χ2n) is 4.69. The zero-order valence-electron chi connectivity index (χ0n) is 11.7. The van der Waals surface area contributed by atoms with E-state index in [9.17, 15) is 4.79 Å². The quantitative estimate of drug-likeness (QED) is 0.683. The molecule has 0 saturated carbocycles. The van der Waals surface area contributed by atoms with Gasteiger partial charge in [-0.3, -0.25) is 9.89 Å². The highest BCUT2D eigenvalue weighted by Gasteiger charge is 2.16. The van der Waals surface area contributed by atoms with Gasteiger partial charge < -0.3 is 15.5 Å². The Bertz CT molecular complexity index is 818. The van der Waals surface area contributed by atoms with Crippen LogP contribution < -0.4 is 11.1 Å². The lowest BCUT2D eigenvalue weighted by molar-refractivity contribution is 0.102. The summed E-state index contributed by atoms with van der Waals surface area (Å²) in [5.74, 6) is 0.223. The highest BCUT2D eigenvalue weighted by Crippen LogP contribution is 2.21. The van der Waals surface area contributed by atoms with Crippen LogP contribution in [0.25, 0.3) is 11.1 Å². The number of carbonyl (C=O) groups is 1. The zero-order valence-corrected chi connectivity index (χ0v) is 11.7. The van der Waals surface area contributed by atoms with Crippen molar-refractivity contribution >= 4 is 28.4 Å². The topological polar surface area (TPSA) is 110 Å². The Kier molecular flexibility index (Phi) is 3.09. The lowest BCUT2D eigenvalue weighted by Gasteiger charge is -2.03. The molecule has 0 aliphatic heterocycles. The molecule has 1 amide bonds. The smallest absolute Gasteiger partial charge is 0.278 e. The number of anilines is 2. The summed E-state index contributed by atoms with van der Waals surface area (Å²) < 4.78 is 5.39. The number of aryl methyl sites for hydroxylation is 2. The predicted molar refractivity (Wildman–Crippen MR) is 79.1 cm³/mol. The molecular formula is C14H15N5O2. The summed E-state index contributed by atoms with van der Waals surface area (Å²) >= 11 is 0. The number of aromatic nitrogens is 3. The van der Waals surface area contributed by atoms with Crippen molar-refractivity contribution in [1.82, 2.24) is 15.2 Å². The highest BCUT2D eigenvalue weighted by molar-refractivity contribution is 6.07. The average molecular weight is 285 g/mol. The van der Waals surface area contributed by atoms with Gasteiger partial charge in [0.1, 0.15) is 5.52 Å². The van der Waals surface area contributed by atoms with Gasteiger partial charge in [0.15, 0.2) is 17.2 Å². The Labute approximate surface area is 120 Å². The number of hydrogen-bond acceptors (Lipinski definition) is 5. The Morgan fingerprint density at radius 1 is 1.48 bits per heavy atom. The van der Waals surface area contributed by atoms with Crippen LogP contribution in [-0.2, 0) is 6.42 Å². The molecule has 3 aromatic rings. The Morgan fingerprint density at radius 3 is 3.00 bits per heavy atom. The van der Waals surface area contributed by atoms with E-state index >= 15 is 0 Å². The third-order valence-electron chi connectivity index (χ3n) is 3.20. The summed E-state index contributed by atoms with van der Waals surface area (Å²) in [7, 11) is 0. The minimum Gasteiger partial charge on any atom is -0.441 e. The van der Waals surface area contributed by atoms with Crippen LogP contribution in [0.15, 0.2) is 22.6 Å². The molecule has 0 radical (unpaired) electrons. The number of nitrogens with one attached hydrogen (secondary N) is 2. The molecule has 1 aromatic carbocycles. The van der Waals surface area contributed by atoms with Crippen molar-refractivity contribution < 1.29 is 9.21 Å². The first kappa shape index (κ1) is 13.2. The van der Waals surface area contributed by atoms with Crippen molar-refractivity contribution in [1.29, 1.82) is 0 Å². The zero-order chi connectivity index (χ0) is 15.0. The van der Waals surface area contributed by atoms with E-state index in [-0.39, 0.29) is 11.6 Å². The van der Waals surface area contributed by atoms with E-state index in [4.69, 9.17) is 10.2 Å². The van der Waals surface area contributed by atoms with Crippen LogP contribution in [0.5, 0.6) is 0 Å². The largest absolute Gasteiger partial charge is 0.441 e. The van der Waals surface area contributed by atoms with Gasteiger partial charge in [-0.05, 0) is 24.6 Å². The molecule has 7 nitrogen and oxygen atoms in total. The summed E-state index contributed by atoms with van der Waals surface area (Å²) in [6.07, 6.45) is 0.691. The maximum absolute atomic E-state index is 12.2. The molecule has 0 aliphatic rings. The molecule has 0 fully saturated rings. The molecule has 2 aromatic heterocycles. The Morgan fingerprint density at radius 2 is 2.29 bits per heavy atom. The number of amides is 1. The van der Waals surface area contributed by atoms with Crippen LogP contribution in [0.1, 0.15) is 29.0 Å². The first-order chi connectivity index (χ1) is 10.1. The minimum atomic E-state index is -0.358. The van der Waals surface area contributed by atoms with Crippen molar-refractivity contribution in [2.24, 2.45) is 0 Å². The van der Waals surface area contributed by atoms with Gasteiger partial charge in [0.25, 0.3) is 5.91 Å². The maximum atomic E-state index is 12.2. The average Bonchev–Trinajstić information content (AvgIpc) is 2.99. The third kappa shape index (κ3) is 2.33. The molecule has 108 valence electrons. The van der Waals surface area contributed by atoms with E-state index in [1.54, 1.807) is 25.1 Å². The molecule has 0 aliphatic carbocycles. The number of aromatic amines is 1. The van der Waals surface area contributed by atoms with Gasteiger partial charge in [-0.15, -0.1) is 0 Å². The summed E-state index contributed by atoms with van der Waals surface area (Å²) in [4.78, 5) is 16.4. The van der Waals surface area contributed by atoms with E-state index in [0.717, 1.165) is 5.69 Å². The monoisotopic (exact) mass is 285 g/mol. The highest BCUT2D eigenvalue weighted by atomic mass is 16.3. The van der Waals surface area contributed by atoms with E-state index < -0.39 is 0 Å². The van der Waals surface area contributed by atoms with E-state index in [1.807, 2.05) is 6.92 Å². The summed E-state index contributed by atoms with van der Waals surface area (Å²) in [6.45, 7) is 3.71. The standard InChI is InChI=1S/C14H15N5O2/c1-3-9-12(15)13(19-18-9)14(20)17-8-4-5-11-10(6-8)16-7(2)21-11/h4-6H,3,15H2,1-2H3,(H,17,20)(H,18,19). The van der Waals surface area contributed by atoms with E-state index in [1.165, 1.54) is 0 Å². The first-order valence-corrected chi connectivity index (χ1v) is 6.59. The molecule has 21 heavy (non-hydrogen) atoms. The molecule has 4 N–H and O–H groups in total. The number of benzene rings is 1. The number of carbonyl (C=O) groups excluding carboxylic acids is 1. The van der Waals surface area contributed by atoms with Crippen molar-refractivity contribution in [3.05, 3.63) is 35.5 Å². The molecule has 3 rings (SSSR count). The number of rotatable bonds is 3. The van der Waals surface area contributed by atoms with Gasteiger partial charge in [-0.2, -0.15) is 5.10 Å². The SMILES string of the molecule is CCc1[nH]nc(C(=O)Nc2ccc3oc(C)nc3c2)c1N. The van der Waals surface area contributed by atoms with Crippen LogP contribution >= 0.6 is 0 Å². The molecule has 0 atom stereocenters. The number of nitrogen functional groups attached to an aromatic ring is 1. The third-order valence-corrected chi connectivity index (χ3v) is 3.20.